The molecule has 0 aromatic heterocycles. The van der Waals surface area contributed by atoms with Gasteiger partial charge in [0.2, 0.25) is 0 Å². The molecule has 0 aliphatic heterocycles. The van der Waals surface area contributed by atoms with E-state index in [1.54, 1.807) is 0 Å². The van der Waals surface area contributed by atoms with Crippen molar-refractivity contribution in [3.63, 3.8) is 0 Å². The van der Waals surface area contributed by atoms with Gasteiger partial charge in [-0.3, -0.25) is 0 Å². The van der Waals surface area contributed by atoms with Gasteiger partial charge >= 0.3 is 0 Å². The van der Waals surface area contributed by atoms with E-state index in [0.29, 0.717) is 11.8 Å². The third kappa shape index (κ3) is 9.45. The molecular weight excluding hydrogens is 136 g/mol. The van der Waals surface area contributed by atoms with E-state index in [2.05, 4.69) is 32.2 Å². The van der Waals surface area contributed by atoms with Gasteiger partial charge in [0.15, 0.2) is 0 Å². The van der Waals surface area contributed by atoms with E-state index < -0.39 is 0 Å². The van der Waals surface area contributed by atoms with Crippen molar-refractivity contribution >= 4 is 0 Å². The number of hydrogen-bond acceptors (Lipinski definition) is 2. The molecule has 0 amide bonds. The molecule has 0 radical (unpaired) electrons. The predicted octanol–water partition coefficient (Wildman–Crippen LogP) is 1.93. The Morgan fingerprint density at radius 2 is 2.00 bits per heavy atom. The van der Waals surface area contributed by atoms with E-state index in [1.165, 1.54) is 0 Å². The summed E-state index contributed by atoms with van der Waals surface area (Å²) >= 11 is 0. The summed E-state index contributed by atoms with van der Waals surface area (Å²) in [5.74, 6) is 0. The van der Waals surface area contributed by atoms with Gasteiger partial charge in [-0.15, -0.1) is 0 Å². The van der Waals surface area contributed by atoms with Crippen LogP contribution in [-0.4, -0.2) is 13.1 Å². The van der Waals surface area contributed by atoms with Crippen LogP contribution in [0.1, 0.15) is 33.6 Å². The molecule has 64 valence electrons. The Bertz CT molecular complexity index is 127. The zero-order chi connectivity index (χ0) is 8.74. The van der Waals surface area contributed by atoms with Gasteiger partial charge in [-0.2, -0.15) is 5.26 Å². The second kappa shape index (κ2) is 5.15. The lowest BCUT2D eigenvalue weighted by Gasteiger charge is -2.18. The van der Waals surface area contributed by atoms with Crippen LogP contribution in [0.3, 0.4) is 0 Å². The van der Waals surface area contributed by atoms with Crippen LogP contribution < -0.4 is 5.32 Å². The van der Waals surface area contributed by atoms with Crippen molar-refractivity contribution in [1.82, 2.24) is 5.32 Å². The molecular formula is C9H18N2. The lowest BCUT2D eigenvalue weighted by Crippen LogP contribution is -2.27. The van der Waals surface area contributed by atoms with Crippen LogP contribution in [0.4, 0.5) is 0 Å². The van der Waals surface area contributed by atoms with Crippen molar-refractivity contribution in [3.8, 4) is 6.07 Å². The van der Waals surface area contributed by atoms with Crippen molar-refractivity contribution in [2.75, 3.05) is 13.1 Å². The summed E-state index contributed by atoms with van der Waals surface area (Å²) < 4.78 is 0. The topological polar surface area (TPSA) is 35.8 Å². The number of unbranched alkanes of at least 4 members (excludes halogenated alkanes) is 1. The molecule has 11 heavy (non-hydrogen) atoms. The maximum Gasteiger partial charge on any atom is 0.0622 e. The Morgan fingerprint density at radius 1 is 1.36 bits per heavy atom. The van der Waals surface area contributed by atoms with Crippen LogP contribution in [-0.2, 0) is 0 Å². The molecule has 0 bridgehead atoms. The van der Waals surface area contributed by atoms with Gasteiger partial charge in [0, 0.05) is 6.42 Å². The van der Waals surface area contributed by atoms with E-state index in [4.69, 9.17) is 5.26 Å². The highest BCUT2D eigenvalue weighted by atomic mass is 14.9. The Hall–Kier alpha value is -0.550. The fraction of sp³-hybridized carbons (Fsp3) is 0.889. The van der Waals surface area contributed by atoms with Crippen molar-refractivity contribution in [2.24, 2.45) is 5.41 Å². The molecule has 0 aliphatic rings. The smallest absolute Gasteiger partial charge is 0.0622 e. The first kappa shape index (κ1) is 10.4. The van der Waals surface area contributed by atoms with E-state index in [9.17, 15) is 0 Å². The van der Waals surface area contributed by atoms with Crippen molar-refractivity contribution in [3.05, 3.63) is 0 Å². The second-order valence-electron chi connectivity index (χ2n) is 4.00. The molecule has 0 aromatic rings. The van der Waals surface area contributed by atoms with E-state index in [1.807, 2.05) is 0 Å². The minimum atomic E-state index is 0.354. The van der Waals surface area contributed by atoms with Crippen LogP contribution in [0.25, 0.3) is 0 Å². The Balaban J connectivity index is 3.10. The van der Waals surface area contributed by atoms with E-state index >= 15 is 0 Å². The summed E-state index contributed by atoms with van der Waals surface area (Å²) in [5.41, 5.74) is 0.354. The molecule has 0 saturated carbocycles. The summed E-state index contributed by atoms with van der Waals surface area (Å²) in [6, 6.07) is 2.13. The van der Waals surface area contributed by atoms with Crippen molar-refractivity contribution in [1.29, 1.82) is 5.26 Å². The van der Waals surface area contributed by atoms with Gasteiger partial charge in [-0.25, -0.2) is 0 Å². The molecule has 0 spiro atoms. The maximum atomic E-state index is 8.25. The van der Waals surface area contributed by atoms with Crippen molar-refractivity contribution in [2.45, 2.75) is 33.6 Å². The third-order valence-corrected chi connectivity index (χ3v) is 1.30. The average molecular weight is 154 g/mol. The summed E-state index contributed by atoms with van der Waals surface area (Å²) in [6.45, 7) is 8.59. The monoisotopic (exact) mass is 154 g/mol. The lowest BCUT2D eigenvalue weighted by molar-refractivity contribution is 0.379. The number of nitrogens with zero attached hydrogens (tertiary/aromatic N) is 1. The van der Waals surface area contributed by atoms with Crippen LogP contribution in [0.5, 0.6) is 0 Å². The molecule has 0 atom stereocenters. The second-order valence-corrected chi connectivity index (χ2v) is 4.00. The first-order chi connectivity index (χ1) is 5.06. The highest BCUT2D eigenvalue weighted by Gasteiger charge is 2.07. The number of rotatable bonds is 4. The Kier molecular flexibility index (Phi) is 4.89. The summed E-state index contributed by atoms with van der Waals surface area (Å²) in [4.78, 5) is 0. The van der Waals surface area contributed by atoms with Gasteiger partial charge in [0.1, 0.15) is 0 Å². The van der Waals surface area contributed by atoms with Crippen LogP contribution >= 0.6 is 0 Å². The van der Waals surface area contributed by atoms with Crippen molar-refractivity contribution < 1.29 is 0 Å². The van der Waals surface area contributed by atoms with E-state index in [0.717, 1.165) is 19.5 Å². The SMILES string of the molecule is CC(C)(C)CNCCCC#N. The van der Waals surface area contributed by atoms with Gasteiger partial charge in [0.25, 0.3) is 0 Å². The lowest BCUT2D eigenvalue weighted by atomic mass is 9.97. The van der Waals surface area contributed by atoms with Crippen LogP contribution in [0, 0.1) is 16.7 Å². The molecule has 0 unspecified atom stereocenters. The summed E-state index contributed by atoms with van der Waals surface area (Å²) in [7, 11) is 0. The normalized spacial score (nSPS) is 11.1. The van der Waals surface area contributed by atoms with Crippen LogP contribution in [0.15, 0.2) is 0 Å². The van der Waals surface area contributed by atoms with E-state index in [-0.39, 0.29) is 0 Å². The Morgan fingerprint density at radius 3 is 2.45 bits per heavy atom. The molecule has 0 aromatic carbocycles. The zero-order valence-electron chi connectivity index (χ0n) is 7.78. The fourth-order valence-corrected chi connectivity index (χ4v) is 0.756. The molecule has 1 N–H and O–H groups in total. The average Bonchev–Trinajstić information content (AvgIpc) is 1.85. The molecule has 2 nitrogen and oxygen atoms in total. The highest BCUT2D eigenvalue weighted by molar-refractivity contribution is 4.70. The van der Waals surface area contributed by atoms with Gasteiger partial charge in [-0.05, 0) is 24.9 Å². The minimum Gasteiger partial charge on any atom is -0.316 e. The number of nitriles is 1. The number of hydrogen-bond donors (Lipinski definition) is 1. The van der Waals surface area contributed by atoms with Crippen LogP contribution in [0.2, 0.25) is 0 Å². The summed E-state index contributed by atoms with van der Waals surface area (Å²) in [5, 5.41) is 11.6. The standard InChI is InChI=1S/C9H18N2/c1-9(2,3)8-11-7-5-4-6-10/h11H,4-5,7-8H2,1-3H3. The first-order valence-corrected chi connectivity index (χ1v) is 4.14. The van der Waals surface area contributed by atoms with Gasteiger partial charge in [-0.1, -0.05) is 20.8 Å². The highest BCUT2D eigenvalue weighted by Crippen LogP contribution is 2.09. The molecule has 0 heterocycles. The number of nitrogens with one attached hydrogen (secondary N) is 1. The van der Waals surface area contributed by atoms with Gasteiger partial charge in [0.05, 0.1) is 6.07 Å². The molecule has 0 fully saturated rings. The largest absolute Gasteiger partial charge is 0.316 e. The van der Waals surface area contributed by atoms with Gasteiger partial charge < -0.3 is 5.32 Å². The summed E-state index contributed by atoms with van der Waals surface area (Å²) in [6.07, 6.45) is 1.63. The Labute approximate surface area is 69.6 Å². The predicted molar refractivity (Wildman–Crippen MR) is 47.2 cm³/mol. The zero-order valence-corrected chi connectivity index (χ0v) is 7.78. The quantitative estimate of drug-likeness (QED) is 0.628. The molecule has 0 saturated heterocycles. The first-order valence-electron chi connectivity index (χ1n) is 4.14. The minimum absolute atomic E-state index is 0.354. The fourth-order valence-electron chi connectivity index (χ4n) is 0.756. The third-order valence-electron chi connectivity index (χ3n) is 1.30. The maximum absolute atomic E-state index is 8.25. The molecule has 0 rings (SSSR count). The molecule has 2 heteroatoms. The molecule has 0 aliphatic carbocycles.